The van der Waals surface area contributed by atoms with Crippen molar-refractivity contribution in [3.8, 4) is 33.8 Å². The minimum Gasteiger partial charge on any atom is -0.493 e. The smallest absolute Gasteiger partial charge is 0.130 e. The lowest BCUT2D eigenvalue weighted by Crippen LogP contribution is -2.08. The Kier molecular flexibility index (Phi) is 10.6. The van der Waals surface area contributed by atoms with E-state index in [1.54, 1.807) is 0 Å². The molecule has 3 aromatic rings. The fourth-order valence-electron chi connectivity index (χ4n) is 4.13. The van der Waals surface area contributed by atoms with Crippen molar-refractivity contribution in [3.05, 3.63) is 72.3 Å². The van der Waals surface area contributed by atoms with E-state index in [1.165, 1.54) is 0 Å². The largest absolute Gasteiger partial charge is 0.493 e. The molecule has 0 spiro atoms. The van der Waals surface area contributed by atoms with Crippen LogP contribution in [0.4, 0.5) is 0 Å². The summed E-state index contributed by atoms with van der Waals surface area (Å²) < 4.78 is 12.2. The molecule has 2 atom stereocenters. The van der Waals surface area contributed by atoms with Gasteiger partial charge in [0.05, 0.1) is 25.4 Å². The van der Waals surface area contributed by atoms with E-state index < -0.39 is 0 Å². The third-order valence-corrected chi connectivity index (χ3v) is 6.42. The first-order valence-electron chi connectivity index (χ1n) is 12.9. The maximum atomic E-state index is 9.80. The number of aliphatic hydroxyl groups excluding tert-OH is 2. The van der Waals surface area contributed by atoms with E-state index in [2.05, 4.69) is 55.5 Å². The number of hydrogen-bond acceptors (Lipinski definition) is 4. The molecule has 3 rings (SSSR count). The highest BCUT2D eigenvalue weighted by Crippen LogP contribution is 2.36. The molecule has 0 aliphatic carbocycles. The zero-order chi connectivity index (χ0) is 25.0. The normalized spacial score (nSPS) is 12.8. The van der Waals surface area contributed by atoms with Crippen molar-refractivity contribution in [1.82, 2.24) is 0 Å². The van der Waals surface area contributed by atoms with Gasteiger partial charge in [0.1, 0.15) is 11.5 Å². The van der Waals surface area contributed by atoms with Crippen LogP contribution in [-0.2, 0) is 0 Å². The zero-order valence-corrected chi connectivity index (χ0v) is 21.4. The zero-order valence-electron chi connectivity index (χ0n) is 21.4. The Bertz CT molecular complexity index is 1030. The summed E-state index contributed by atoms with van der Waals surface area (Å²) in [6.07, 6.45) is 4.22. The lowest BCUT2D eigenvalue weighted by atomic mass is 9.98. The van der Waals surface area contributed by atoms with Crippen molar-refractivity contribution in [3.63, 3.8) is 0 Å². The molecule has 0 fully saturated rings. The predicted octanol–water partition coefficient (Wildman–Crippen LogP) is 7.19. The topological polar surface area (TPSA) is 58.9 Å². The molecular weight excluding hydrogens is 436 g/mol. The van der Waals surface area contributed by atoms with Gasteiger partial charge in [0.25, 0.3) is 0 Å². The van der Waals surface area contributed by atoms with Gasteiger partial charge in [-0.05, 0) is 68.2 Å². The average molecular weight is 477 g/mol. The van der Waals surface area contributed by atoms with Crippen LogP contribution in [0.3, 0.4) is 0 Å². The number of aryl methyl sites for hydroxylation is 1. The van der Waals surface area contributed by atoms with Crippen LogP contribution >= 0.6 is 0 Å². The molecule has 0 radical (unpaired) electrons. The van der Waals surface area contributed by atoms with Gasteiger partial charge in [-0.2, -0.15) is 0 Å². The number of benzene rings is 3. The van der Waals surface area contributed by atoms with Crippen LogP contribution in [0, 0.1) is 6.92 Å². The van der Waals surface area contributed by atoms with E-state index in [0.717, 1.165) is 77.8 Å². The number of ether oxygens (including phenoxy) is 2. The number of para-hydroxylation sites is 2. The fourth-order valence-corrected chi connectivity index (χ4v) is 4.13. The molecule has 0 saturated heterocycles. The maximum absolute atomic E-state index is 9.80. The number of rotatable bonds is 14. The third-order valence-electron chi connectivity index (χ3n) is 6.42. The second kappa shape index (κ2) is 13.9. The lowest BCUT2D eigenvalue weighted by molar-refractivity contribution is 0.148. The van der Waals surface area contributed by atoms with Gasteiger partial charge in [-0.1, -0.05) is 74.5 Å². The van der Waals surface area contributed by atoms with E-state index in [-0.39, 0.29) is 12.2 Å². The molecule has 0 aliphatic rings. The molecule has 4 heteroatoms. The van der Waals surface area contributed by atoms with Gasteiger partial charge in [0.15, 0.2) is 0 Å². The monoisotopic (exact) mass is 476 g/mol. The quantitative estimate of drug-likeness (QED) is 0.242. The highest BCUT2D eigenvalue weighted by Gasteiger charge is 2.12. The molecule has 0 heterocycles. The van der Waals surface area contributed by atoms with Gasteiger partial charge >= 0.3 is 0 Å². The van der Waals surface area contributed by atoms with E-state index in [0.29, 0.717) is 13.2 Å². The van der Waals surface area contributed by atoms with Crippen LogP contribution in [0.5, 0.6) is 11.5 Å². The van der Waals surface area contributed by atoms with Crippen molar-refractivity contribution >= 4 is 0 Å². The van der Waals surface area contributed by atoms with Crippen molar-refractivity contribution in [2.75, 3.05) is 13.2 Å². The van der Waals surface area contributed by atoms with Gasteiger partial charge in [-0.15, -0.1) is 0 Å². The highest BCUT2D eigenvalue weighted by molar-refractivity contribution is 5.77. The Labute approximate surface area is 210 Å². The molecular formula is C31H40O4. The summed E-state index contributed by atoms with van der Waals surface area (Å²) in [4.78, 5) is 0. The maximum Gasteiger partial charge on any atom is 0.130 e. The summed E-state index contributed by atoms with van der Waals surface area (Å²) in [5, 5.41) is 19.6. The summed E-state index contributed by atoms with van der Waals surface area (Å²) >= 11 is 0. The van der Waals surface area contributed by atoms with E-state index in [9.17, 15) is 10.2 Å². The third kappa shape index (κ3) is 7.84. The molecule has 0 amide bonds. The second-order valence-corrected chi connectivity index (χ2v) is 9.13. The minimum absolute atomic E-state index is 0.250. The Morgan fingerprint density at radius 1 is 0.657 bits per heavy atom. The summed E-state index contributed by atoms with van der Waals surface area (Å²) in [6.45, 7) is 7.24. The van der Waals surface area contributed by atoms with Gasteiger partial charge in [-0.25, -0.2) is 0 Å². The van der Waals surface area contributed by atoms with Gasteiger partial charge in [0, 0.05) is 11.1 Å². The van der Waals surface area contributed by atoms with E-state index in [1.807, 2.05) is 32.0 Å². The summed E-state index contributed by atoms with van der Waals surface area (Å²) in [5.74, 6) is 1.77. The Hall–Kier alpha value is -2.82. The molecule has 35 heavy (non-hydrogen) atoms. The standard InChI is InChI=1S/C31H40O4/c1-4-26(32)12-9-21-34-30-16-7-6-14-28(30)24-17-19-25(20-18-24)29-15-8-11-23(3)31(29)35-22-10-13-27(33)5-2/h6-8,11,14-20,26-27,32-33H,4-5,9-10,12-13,21-22H2,1-3H3. The Balaban J connectivity index is 1.72. The van der Waals surface area contributed by atoms with Crippen LogP contribution in [-0.4, -0.2) is 35.6 Å². The fraction of sp³-hybridized carbons (Fsp3) is 0.419. The molecule has 3 aromatic carbocycles. The minimum atomic E-state index is -0.253. The molecule has 0 saturated carbocycles. The van der Waals surface area contributed by atoms with Gasteiger partial charge in [0.2, 0.25) is 0 Å². The first-order valence-corrected chi connectivity index (χ1v) is 12.9. The number of hydrogen-bond donors (Lipinski definition) is 2. The summed E-state index contributed by atoms with van der Waals surface area (Å²) in [6, 6.07) is 22.8. The molecule has 0 aliphatic heterocycles. The molecule has 2 unspecified atom stereocenters. The van der Waals surface area contributed by atoms with Crippen LogP contribution in [0.25, 0.3) is 22.3 Å². The molecule has 2 N–H and O–H groups in total. The van der Waals surface area contributed by atoms with Crippen LogP contribution in [0.1, 0.15) is 57.9 Å². The van der Waals surface area contributed by atoms with Gasteiger partial charge < -0.3 is 19.7 Å². The van der Waals surface area contributed by atoms with Crippen LogP contribution in [0.2, 0.25) is 0 Å². The molecule has 0 aromatic heterocycles. The van der Waals surface area contributed by atoms with Gasteiger partial charge in [-0.3, -0.25) is 0 Å². The first kappa shape index (κ1) is 26.8. The Morgan fingerprint density at radius 3 is 1.83 bits per heavy atom. The van der Waals surface area contributed by atoms with Crippen molar-refractivity contribution in [2.45, 2.75) is 71.5 Å². The molecule has 4 nitrogen and oxygen atoms in total. The van der Waals surface area contributed by atoms with E-state index in [4.69, 9.17) is 9.47 Å². The summed E-state index contributed by atoms with van der Waals surface area (Å²) in [5.41, 5.74) is 5.45. The highest BCUT2D eigenvalue weighted by atomic mass is 16.5. The Morgan fingerprint density at radius 2 is 1.20 bits per heavy atom. The van der Waals surface area contributed by atoms with Crippen molar-refractivity contribution < 1.29 is 19.7 Å². The van der Waals surface area contributed by atoms with E-state index >= 15 is 0 Å². The second-order valence-electron chi connectivity index (χ2n) is 9.13. The lowest BCUT2D eigenvalue weighted by Gasteiger charge is -2.16. The molecule has 188 valence electrons. The van der Waals surface area contributed by atoms with Crippen LogP contribution in [0.15, 0.2) is 66.7 Å². The predicted molar refractivity (Wildman–Crippen MR) is 144 cm³/mol. The summed E-state index contributed by atoms with van der Waals surface area (Å²) in [7, 11) is 0. The molecule has 0 bridgehead atoms. The van der Waals surface area contributed by atoms with Crippen molar-refractivity contribution in [2.24, 2.45) is 0 Å². The SMILES string of the molecule is CCC(O)CCCOc1ccccc1-c1ccc(-c2cccc(C)c2OCCCC(O)CC)cc1. The van der Waals surface area contributed by atoms with Crippen molar-refractivity contribution in [1.29, 1.82) is 0 Å². The number of aliphatic hydroxyl groups is 2. The average Bonchev–Trinajstić information content (AvgIpc) is 2.89. The van der Waals surface area contributed by atoms with Crippen LogP contribution < -0.4 is 9.47 Å². The first-order chi connectivity index (χ1) is 17.0.